The molecule has 0 amide bonds. The maximum Gasteiger partial charge on any atom is 0.0700 e. The highest BCUT2D eigenvalue weighted by Gasteiger charge is 2.19. The van der Waals surface area contributed by atoms with Crippen molar-refractivity contribution in [1.29, 1.82) is 0 Å². The molecule has 0 N–H and O–H groups in total. The van der Waals surface area contributed by atoms with Crippen LogP contribution < -0.4 is 0 Å². The van der Waals surface area contributed by atoms with Crippen molar-refractivity contribution >= 4 is 43.1 Å². The lowest BCUT2D eigenvalue weighted by Gasteiger charge is -2.21. The molecule has 3 rings (SSSR count). The summed E-state index contributed by atoms with van der Waals surface area (Å²) in [6.07, 6.45) is 19.5. The van der Waals surface area contributed by atoms with E-state index < -0.39 is 0 Å². The standard InChI is InChI=1S/C25H39NS2/c1-3-5-7-9-11-13-15-21(16-14-12-10-8-6-4-2)26-22-17-19-27-24(22)25-23(26)18-20-28-25/h17-21H,3-16H2,1-2H3. The number of aromatic nitrogens is 1. The van der Waals surface area contributed by atoms with Crippen molar-refractivity contribution < 1.29 is 0 Å². The average Bonchev–Trinajstić information content (AvgIpc) is 3.40. The number of unbranched alkanes of at least 4 members (excludes halogenated alkanes) is 10. The Hall–Kier alpha value is -0.800. The van der Waals surface area contributed by atoms with Crippen molar-refractivity contribution in [3.63, 3.8) is 0 Å². The Balaban J connectivity index is 1.64. The Morgan fingerprint density at radius 1 is 0.643 bits per heavy atom. The molecule has 3 aromatic rings. The molecular weight excluding hydrogens is 378 g/mol. The quantitative estimate of drug-likeness (QED) is 0.217. The average molecular weight is 418 g/mol. The second-order valence-electron chi connectivity index (χ2n) is 8.41. The molecule has 0 saturated carbocycles. The first-order valence-electron chi connectivity index (χ1n) is 11.8. The van der Waals surface area contributed by atoms with Gasteiger partial charge in [0.1, 0.15) is 0 Å². The number of nitrogens with zero attached hydrogens (tertiary/aromatic N) is 1. The van der Waals surface area contributed by atoms with Crippen molar-refractivity contribution in [2.45, 2.75) is 110 Å². The fourth-order valence-electron chi connectivity index (χ4n) is 4.57. The van der Waals surface area contributed by atoms with E-state index >= 15 is 0 Å². The molecule has 0 atom stereocenters. The van der Waals surface area contributed by atoms with Crippen LogP contribution in [0.3, 0.4) is 0 Å². The lowest BCUT2D eigenvalue weighted by Crippen LogP contribution is -2.09. The van der Waals surface area contributed by atoms with Gasteiger partial charge in [-0.3, -0.25) is 0 Å². The van der Waals surface area contributed by atoms with Gasteiger partial charge in [0.25, 0.3) is 0 Å². The molecule has 0 aromatic carbocycles. The Morgan fingerprint density at radius 2 is 1.07 bits per heavy atom. The van der Waals surface area contributed by atoms with E-state index in [1.807, 2.05) is 22.7 Å². The molecule has 0 aliphatic rings. The smallest absolute Gasteiger partial charge is 0.0700 e. The third-order valence-electron chi connectivity index (χ3n) is 6.16. The topological polar surface area (TPSA) is 4.93 Å². The maximum atomic E-state index is 2.72. The molecule has 3 heterocycles. The molecule has 0 aliphatic heterocycles. The van der Waals surface area contributed by atoms with E-state index in [1.54, 1.807) is 0 Å². The minimum atomic E-state index is 0.682. The van der Waals surface area contributed by atoms with E-state index in [1.165, 1.54) is 110 Å². The monoisotopic (exact) mass is 417 g/mol. The van der Waals surface area contributed by atoms with Gasteiger partial charge in [-0.2, -0.15) is 0 Å². The molecule has 3 heteroatoms. The molecule has 0 aliphatic carbocycles. The molecule has 0 spiro atoms. The van der Waals surface area contributed by atoms with Crippen molar-refractivity contribution in [1.82, 2.24) is 4.57 Å². The number of rotatable bonds is 15. The van der Waals surface area contributed by atoms with Crippen molar-refractivity contribution in [2.24, 2.45) is 0 Å². The first-order valence-corrected chi connectivity index (χ1v) is 13.6. The lowest BCUT2D eigenvalue weighted by atomic mass is 9.99. The Bertz CT molecular complexity index is 730. The maximum absolute atomic E-state index is 2.72. The molecule has 0 bridgehead atoms. The van der Waals surface area contributed by atoms with Crippen molar-refractivity contribution in [3.8, 4) is 0 Å². The van der Waals surface area contributed by atoms with Gasteiger partial charge in [0, 0.05) is 6.04 Å². The summed E-state index contributed by atoms with van der Waals surface area (Å²) in [6, 6.07) is 5.41. The van der Waals surface area contributed by atoms with Gasteiger partial charge < -0.3 is 4.57 Å². The second kappa shape index (κ2) is 12.0. The Morgan fingerprint density at radius 3 is 1.54 bits per heavy atom. The zero-order valence-corrected chi connectivity index (χ0v) is 19.7. The van der Waals surface area contributed by atoms with Crippen LogP contribution in [-0.2, 0) is 0 Å². The molecule has 28 heavy (non-hydrogen) atoms. The summed E-state index contributed by atoms with van der Waals surface area (Å²) in [7, 11) is 0. The van der Waals surface area contributed by atoms with Crippen molar-refractivity contribution in [3.05, 3.63) is 22.9 Å². The SMILES string of the molecule is CCCCCCCCC(CCCCCCCC)n1c2ccsc2c2sccc21. The summed E-state index contributed by atoms with van der Waals surface area (Å²) in [5.41, 5.74) is 2.99. The van der Waals surface area contributed by atoms with E-state index in [9.17, 15) is 0 Å². The van der Waals surface area contributed by atoms with Crippen LogP contribution in [0.5, 0.6) is 0 Å². The summed E-state index contributed by atoms with van der Waals surface area (Å²) in [5, 5.41) is 4.57. The summed E-state index contributed by atoms with van der Waals surface area (Å²) >= 11 is 3.85. The highest BCUT2D eigenvalue weighted by molar-refractivity contribution is 7.25. The normalized spacial score (nSPS) is 12.1. The zero-order chi connectivity index (χ0) is 19.6. The summed E-state index contributed by atoms with van der Waals surface area (Å²) in [6.45, 7) is 4.61. The van der Waals surface area contributed by atoms with Gasteiger partial charge in [-0.25, -0.2) is 0 Å². The minimum Gasteiger partial charge on any atom is -0.336 e. The van der Waals surface area contributed by atoms with Crippen molar-refractivity contribution in [2.75, 3.05) is 0 Å². The molecule has 0 saturated heterocycles. The molecular formula is C25H39NS2. The van der Waals surface area contributed by atoms with Gasteiger partial charge in [0.05, 0.1) is 20.4 Å². The number of hydrogen-bond acceptors (Lipinski definition) is 2. The van der Waals surface area contributed by atoms with Crippen LogP contribution in [0, 0.1) is 0 Å². The van der Waals surface area contributed by atoms with Crippen LogP contribution in [0.25, 0.3) is 20.4 Å². The zero-order valence-electron chi connectivity index (χ0n) is 18.0. The van der Waals surface area contributed by atoms with Gasteiger partial charge in [0.2, 0.25) is 0 Å². The van der Waals surface area contributed by atoms with Gasteiger partial charge in [0.15, 0.2) is 0 Å². The van der Waals surface area contributed by atoms with Gasteiger partial charge >= 0.3 is 0 Å². The first kappa shape index (κ1) is 21.9. The highest BCUT2D eigenvalue weighted by atomic mass is 32.1. The fraction of sp³-hybridized carbons (Fsp3) is 0.680. The summed E-state index contributed by atoms with van der Waals surface area (Å²) in [5.74, 6) is 0. The van der Waals surface area contributed by atoms with E-state index in [4.69, 9.17) is 0 Å². The molecule has 156 valence electrons. The molecule has 0 fully saturated rings. The van der Waals surface area contributed by atoms with E-state index in [0.717, 1.165) is 0 Å². The van der Waals surface area contributed by atoms with E-state index in [0.29, 0.717) is 6.04 Å². The molecule has 1 nitrogen and oxygen atoms in total. The largest absolute Gasteiger partial charge is 0.336 e. The fourth-order valence-corrected chi connectivity index (χ4v) is 6.52. The Kier molecular flexibility index (Phi) is 9.40. The lowest BCUT2D eigenvalue weighted by molar-refractivity contribution is 0.410. The van der Waals surface area contributed by atoms with Crippen LogP contribution in [0.4, 0.5) is 0 Å². The Labute approximate surface area is 180 Å². The van der Waals surface area contributed by atoms with Gasteiger partial charge in [-0.1, -0.05) is 90.9 Å². The first-order chi connectivity index (χ1) is 13.9. The van der Waals surface area contributed by atoms with E-state index in [-0.39, 0.29) is 0 Å². The van der Waals surface area contributed by atoms with Gasteiger partial charge in [-0.15, -0.1) is 22.7 Å². The third kappa shape index (κ3) is 5.63. The van der Waals surface area contributed by atoms with Crippen LogP contribution in [0.15, 0.2) is 22.9 Å². The predicted octanol–water partition coefficient (Wildman–Crippen LogP) is 9.96. The van der Waals surface area contributed by atoms with Crippen LogP contribution in [-0.4, -0.2) is 4.57 Å². The van der Waals surface area contributed by atoms with E-state index in [2.05, 4.69) is 41.3 Å². The van der Waals surface area contributed by atoms with Crippen LogP contribution in [0.1, 0.15) is 110 Å². The minimum absolute atomic E-state index is 0.682. The highest BCUT2D eigenvalue weighted by Crippen LogP contribution is 2.40. The number of hydrogen-bond donors (Lipinski definition) is 0. The second-order valence-corrected chi connectivity index (χ2v) is 10.2. The molecule has 3 aromatic heterocycles. The third-order valence-corrected chi connectivity index (χ3v) is 8.13. The number of thiophene rings is 2. The van der Waals surface area contributed by atoms with Gasteiger partial charge in [-0.05, 0) is 35.7 Å². The molecule has 0 radical (unpaired) electrons. The molecule has 0 unspecified atom stereocenters. The summed E-state index contributed by atoms with van der Waals surface area (Å²) in [4.78, 5) is 0. The predicted molar refractivity (Wildman–Crippen MR) is 130 cm³/mol. The summed E-state index contributed by atoms with van der Waals surface area (Å²) < 4.78 is 5.75. The van der Waals surface area contributed by atoms with Crippen LogP contribution in [0.2, 0.25) is 0 Å². The van der Waals surface area contributed by atoms with Crippen LogP contribution >= 0.6 is 22.7 Å². The number of fused-ring (bicyclic) bond motifs is 3.